The lowest BCUT2D eigenvalue weighted by atomic mass is 9.94. The van der Waals surface area contributed by atoms with E-state index in [0.29, 0.717) is 18.4 Å². The first-order chi connectivity index (χ1) is 24.2. The molecule has 0 aliphatic heterocycles. The van der Waals surface area contributed by atoms with E-state index in [-0.39, 0.29) is 11.9 Å². The Balaban J connectivity index is 0.945. The number of benzene rings is 6. The third-order valence-corrected chi connectivity index (χ3v) is 10.9. The Kier molecular flexibility index (Phi) is 6.38. The number of ether oxygens (including phenoxy) is 1. The van der Waals surface area contributed by atoms with Crippen molar-refractivity contribution in [2.75, 3.05) is 0 Å². The third kappa shape index (κ3) is 4.55. The summed E-state index contributed by atoms with van der Waals surface area (Å²) in [6, 6.07) is 50.0. The van der Waals surface area contributed by atoms with Crippen molar-refractivity contribution in [2.24, 2.45) is 17.8 Å². The molecule has 0 amide bonds. The molecule has 0 spiro atoms. The number of hydrogen-bond acceptors (Lipinski definition) is 2. The van der Waals surface area contributed by atoms with Crippen molar-refractivity contribution in [1.82, 2.24) is 9.13 Å². The zero-order valence-corrected chi connectivity index (χ0v) is 27.0. The zero-order chi connectivity index (χ0) is 32.5. The lowest BCUT2D eigenvalue weighted by molar-refractivity contribution is -0.150. The summed E-state index contributed by atoms with van der Waals surface area (Å²) in [7, 11) is 0. The summed E-state index contributed by atoms with van der Waals surface area (Å²) < 4.78 is 10.5. The minimum absolute atomic E-state index is 0.0154. The number of hydrogen-bond donors (Lipinski definition) is 0. The molecular formula is C45H34N2O2. The topological polar surface area (TPSA) is 36.2 Å². The Bertz CT molecular complexity index is 2530. The second-order valence-corrected chi connectivity index (χ2v) is 13.7. The first-order valence-corrected chi connectivity index (χ1v) is 17.3. The second kappa shape index (κ2) is 11.1. The van der Waals surface area contributed by atoms with Gasteiger partial charge in [-0.2, -0.15) is 0 Å². The molecule has 0 saturated heterocycles. The number of allylic oxidation sites excluding steroid dienone is 2. The van der Waals surface area contributed by atoms with Crippen molar-refractivity contribution in [3.05, 3.63) is 157 Å². The number of carbonyl (C=O) groups excluding carboxylic acids is 1. The summed E-state index contributed by atoms with van der Waals surface area (Å²) in [6.45, 7) is 0.302. The molecule has 2 heterocycles. The van der Waals surface area contributed by atoms with Gasteiger partial charge < -0.3 is 13.9 Å². The van der Waals surface area contributed by atoms with E-state index in [9.17, 15) is 4.79 Å². The van der Waals surface area contributed by atoms with Gasteiger partial charge in [-0.1, -0.05) is 97.1 Å². The molecule has 1 saturated carbocycles. The van der Waals surface area contributed by atoms with Gasteiger partial charge in [0, 0.05) is 32.9 Å². The molecule has 2 aromatic heterocycles. The molecular weight excluding hydrogens is 601 g/mol. The molecule has 0 N–H and O–H groups in total. The predicted octanol–water partition coefficient (Wildman–Crippen LogP) is 10.8. The van der Waals surface area contributed by atoms with Crippen LogP contribution in [0.5, 0.6) is 0 Å². The summed E-state index contributed by atoms with van der Waals surface area (Å²) in [5.74, 6) is 0.870. The lowest BCUT2D eigenvalue weighted by Gasteiger charge is -2.16. The number of para-hydroxylation sites is 3. The third-order valence-electron chi connectivity index (χ3n) is 10.9. The summed E-state index contributed by atoms with van der Waals surface area (Å²) in [5.41, 5.74) is 10.4. The van der Waals surface area contributed by atoms with Crippen LogP contribution in [0.3, 0.4) is 0 Å². The quantitative estimate of drug-likeness (QED) is 0.135. The van der Waals surface area contributed by atoms with Gasteiger partial charge in [0.2, 0.25) is 0 Å². The highest BCUT2D eigenvalue weighted by atomic mass is 16.5. The molecule has 2 aliphatic rings. The van der Waals surface area contributed by atoms with Crippen LogP contribution >= 0.6 is 0 Å². The largest absolute Gasteiger partial charge is 0.461 e. The van der Waals surface area contributed by atoms with Gasteiger partial charge in [0.05, 0.1) is 28.0 Å². The average Bonchev–Trinajstić information content (AvgIpc) is 3.95. The molecule has 2 bridgehead atoms. The Morgan fingerprint density at radius 3 is 1.57 bits per heavy atom. The van der Waals surface area contributed by atoms with Gasteiger partial charge >= 0.3 is 5.97 Å². The molecule has 236 valence electrons. The fourth-order valence-electron chi connectivity index (χ4n) is 8.51. The molecule has 2 aliphatic carbocycles. The van der Waals surface area contributed by atoms with E-state index in [2.05, 4.69) is 161 Å². The minimum Gasteiger partial charge on any atom is -0.461 e. The van der Waals surface area contributed by atoms with Crippen LogP contribution in [0, 0.1) is 17.8 Å². The van der Waals surface area contributed by atoms with Crippen molar-refractivity contribution in [1.29, 1.82) is 0 Å². The van der Waals surface area contributed by atoms with Crippen LogP contribution in [0.2, 0.25) is 0 Å². The van der Waals surface area contributed by atoms with Gasteiger partial charge in [-0.3, -0.25) is 4.79 Å². The van der Waals surface area contributed by atoms with Crippen molar-refractivity contribution < 1.29 is 9.53 Å². The maximum absolute atomic E-state index is 12.9. The highest BCUT2D eigenvalue weighted by Gasteiger charge is 2.40. The minimum atomic E-state index is -0.0548. The van der Waals surface area contributed by atoms with E-state index in [1.165, 1.54) is 38.3 Å². The average molecular weight is 635 g/mol. The monoisotopic (exact) mass is 634 g/mol. The van der Waals surface area contributed by atoms with Gasteiger partial charge in [0.15, 0.2) is 0 Å². The van der Waals surface area contributed by atoms with E-state index in [1.807, 2.05) is 0 Å². The molecule has 3 atom stereocenters. The maximum Gasteiger partial charge on any atom is 0.309 e. The Labute approximate surface area is 284 Å². The van der Waals surface area contributed by atoms with Crippen LogP contribution in [0.1, 0.15) is 18.4 Å². The van der Waals surface area contributed by atoms with E-state index in [0.717, 1.165) is 46.2 Å². The van der Waals surface area contributed by atoms with Crippen LogP contribution in [0.25, 0.3) is 66.1 Å². The molecule has 3 unspecified atom stereocenters. The van der Waals surface area contributed by atoms with Crippen LogP contribution in [-0.2, 0) is 16.1 Å². The van der Waals surface area contributed by atoms with Gasteiger partial charge in [-0.05, 0) is 96.0 Å². The SMILES string of the molecule is O=C(OCc1ccc2c(c1)c1ccccc1n2-c1ccc(-c2ccc(-n3c4ccccc4c4ccccc43)cc2)cc1)C1CC2C=CC1C2. The number of rotatable bonds is 6. The van der Waals surface area contributed by atoms with Crippen LogP contribution in [0.15, 0.2) is 152 Å². The molecule has 4 nitrogen and oxygen atoms in total. The highest BCUT2D eigenvalue weighted by molar-refractivity contribution is 6.10. The number of aromatic nitrogens is 2. The number of nitrogens with zero attached hydrogens (tertiary/aromatic N) is 2. The first kappa shape index (κ1) is 28.2. The Hall–Kier alpha value is -5.87. The smallest absolute Gasteiger partial charge is 0.309 e. The number of fused-ring (bicyclic) bond motifs is 8. The molecule has 0 radical (unpaired) electrons. The van der Waals surface area contributed by atoms with Crippen LogP contribution < -0.4 is 0 Å². The number of carbonyl (C=O) groups is 1. The standard InChI is InChI=1S/C45H34N2O2/c48-45(39-26-29-13-15-33(39)25-29)49-28-30-14-24-44-40(27-30)38-9-3-6-12-43(38)47(44)35-22-18-32(19-23-35)31-16-20-34(21-17-31)46-41-10-4-1-7-36(41)37-8-2-5-11-42(37)46/h1-24,27,29,33,39H,25-26,28H2. The van der Waals surface area contributed by atoms with Gasteiger partial charge in [-0.15, -0.1) is 0 Å². The van der Waals surface area contributed by atoms with E-state index >= 15 is 0 Å². The lowest BCUT2D eigenvalue weighted by Crippen LogP contribution is -2.21. The molecule has 6 aromatic carbocycles. The van der Waals surface area contributed by atoms with Crippen molar-refractivity contribution in [2.45, 2.75) is 19.4 Å². The van der Waals surface area contributed by atoms with E-state index < -0.39 is 0 Å². The Morgan fingerprint density at radius 1 is 0.551 bits per heavy atom. The van der Waals surface area contributed by atoms with E-state index in [4.69, 9.17) is 4.74 Å². The fraction of sp³-hybridized carbons (Fsp3) is 0.133. The summed E-state index contributed by atoms with van der Waals surface area (Å²) >= 11 is 0. The van der Waals surface area contributed by atoms with Crippen LogP contribution in [-0.4, -0.2) is 15.1 Å². The van der Waals surface area contributed by atoms with Crippen molar-refractivity contribution in [3.63, 3.8) is 0 Å². The fourth-order valence-corrected chi connectivity index (χ4v) is 8.51. The number of esters is 1. The highest BCUT2D eigenvalue weighted by Crippen LogP contribution is 2.44. The summed E-state index contributed by atoms with van der Waals surface area (Å²) in [4.78, 5) is 12.9. The molecule has 1 fully saturated rings. The second-order valence-electron chi connectivity index (χ2n) is 13.7. The molecule has 49 heavy (non-hydrogen) atoms. The summed E-state index contributed by atoms with van der Waals surface area (Å²) in [6.07, 6.45) is 6.50. The van der Waals surface area contributed by atoms with Gasteiger partial charge in [-0.25, -0.2) is 0 Å². The predicted molar refractivity (Wildman–Crippen MR) is 199 cm³/mol. The Morgan fingerprint density at radius 2 is 1.06 bits per heavy atom. The molecule has 4 heteroatoms. The zero-order valence-electron chi connectivity index (χ0n) is 27.0. The van der Waals surface area contributed by atoms with Crippen molar-refractivity contribution >= 4 is 49.6 Å². The normalized spacial score (nSPS) is 18.3. The van der Waals surface area contributed by atoms with E-state index in [1.54, 1.807) is 0 Å². The van der Waals surface area contributed by atoms with Gasteiger partial charge in [0.25, 0.3) is 0 Å². The molecule has 8 aromatic rings. The maximum atomic E-state index is 12.9. The van der Waals surface area contributed by atoms with Crippen molar-refractivity contribution in [3.8, 4) is 22.5 Å². The van der Waals surface area contributed by atoms with Crippen LogP contribution in [0.4, 0.5) is 0 Å². The van der Waals surface area contributed by atoms with Gasteiger partial charge in [0.1, 0.15) is 6.61 Å². The first-order valence-electron chi connectivity index (χ1n) is 17.3. The molecule has 10 rings (SSSR count). The summed E-state index contributed by atoms with van der Waals surface area (Å²) in [5, 5.41) is 4.89.